The number of hydrogen-bond acceptors (Lipinski definition) is 4. The lowest BCUT2D eigenvalue weighted by molar-refractivity contribution is -0.119. The zero-order valence-corrected chi connectivity index (χ0v) is 15.5. The van der Waals surface area contributed by atoms with Crippen LogP contribution in [0.25, 0.3) is 5.65 Å². The summed E-state index contributed by atoms with van der Waals surface area (Å²) in [5, 5.41) is 0. The van der Waals surface area contributed by atoms with Gasteiger partial charge < -0.3 is 5.73 Å². The number of benzene rings is 2. The number of carbonyl (C=O) groups excluding carboxylic acids is 1. The second-order valence-corrected chi connectivity index (χ2v) is 6.46. The number of pyridine rings is 1. The predicted molar refractivity (Wildman–Crippen MR) is 112 cm³/mol. The smallest absolute Gasteiger partial charge is 0.258 e. The van der Waals surface area contributed by atoms with Gasteiger partial charge in [0, 0.05) is 23.4 Å². The van der Waals surface area contributed by atoms with Gasteiger partial charge in [-0.15, -0.1) is 0 Å². The van der Waals surface area contributed by atoms with E-state index in [-0.39, 0.29) is 11.3 Å². The summed E-state index contributed by atoms with van der Waals surface area (Å²) in [7, 11) is 0. The topological polar surface area (TPSA) is 89.8 Å². The van der Waals surface area contributed by atoms with Gasteiger partial charge in [-0.1, -0.05) is 66.7 Å². The second-order valence-electron chi connectivity index (χ2n) is 6.46. The van der Waals surface area contributed by atoms with E-state index in [1.807, 2.05) is 60.7 Å². The molecule has 6 nitrogen and oxygen atoms in total. The first-order valence-corrected chi connectivity index (χ1v) is 9.10. The Balaban J connectivity index is 1.91. The summed E-state index contributed by atoms with van der Waals surface area (Å²) in [6, 6.07) is 24.5. The molecule has 2 heterocycles. The summed E-state index contributed by atoms with van der Waals surface area (Å²) in [6.07, 6.45) is 1.62. The van der Waals surface area contributed by atoms with E-state index >= 15 is 0 Å². The number of aliphatic imine (C=N–C) groups is 1. The van der Waals surface area contributed by atoms with E-state index in [0.29, 0.717) is 11.4 Å². The van der Waals surface area contributed by atoms with E-state index in [4.69, 9.17) is 5.73 Å². The minimum atomic E-state index is -1.09. The molecule has 0 saturated heterocycles. The molecule has 2 aromatic carbocycles. The van der Waals surface area contributed by atoms with Crippen LogP contribution in [0.3, 0.4) is 0 Å². The lowest BCUT2D eigenvalue weighted by atomic mass is 10.0. The average molecular weight is 382 g/mol. The zero-order chi connectivity index (χ0) is 20.2. The maximum Gasteiger partial charge on any atom is 0.258 e. The number of nitrogens with zero attached hydrogens (tertiary/aromatic N) is 3. The van der Waals surface area contributed by atoms with E-state index in [2.05, 4.69) is 9.98 Å². The molecule has 4 aromatic rings. The summed E-state index contributed by atoms with van der Waals surface area (Å²) in [5.74, 6) is -0.679. The minimum Gasteiger partial charge on any atom is -0.367 e. The highest BCUT2D eigenvalue weighted by molar-refractivity contribution is 6.13. The van der Waals surface area contributed by atoms with Gasteiger partial charge >= 0.3 is 0 Å². The summed E-state index contributed by atoms with van der Waals surface area (Å²) >= 11 is 0. The van der Waals surface area contributed by atoms with E-state index < -0.39 is 11.9 Å². The number of aromatic nitrogens is 2. The summed E-state index contributed by atoms with van der Waals surface area (Å²) < 4.78 is 1.40. The number of carbonyl (C=O) groups is 1. The van der Waals surface area contributed by atoms with Gasteiger partial charge in [0.1, 0.15) is 5.65 Å². The third-order valence-electron chi connectivity index (χ3n) is 4.49. The lowest BCUT2D eigenvalue weighted by Crippen LogP contribution is -2.25. The monoisotopic (exact) mass is 382 g/mol. The van der Waals surface area contributed by atoms with Crippen LogP contribution in [-0.4, -0.2) is 21.0 Å². The lowest BCUT2D eigenvalue weighted by Gasteiger charge is -2.14. The predicted octanol–water partition coefficient (Wildman–Crippen LogP) is 2.76. The molecule has 1 amide bonds. The molecule has 0 bridgehead atoms. The Labute approximate surface area is 167 Å². The van der Waals surface area contributed by atoms with Gasteiger partial charge in [-0.3, -0.25) is 19.0 Å². The van der Waals surface area contributed by atoms with Crippen LogP contribution >= 0.6 is 0 Å². The van der Waals surface area contributed by atoms with Gasteiger partial charge in [-0.25, -0.2) is 4.98 Å². The molecule has 29 heavy (non-hydrogen) atoms. The highest BCUT2D eigenvalue weighted by atomic mass is 16.1. The van der Waals surface area contributed by atoms with Gasteiger partial charge in [0.15, 0.2) is 6.04 Å². The van der Waals surface area contributed by atoms with E-state index in [1.54, 1.807) is 24.4 Å². The quantitative estimate of drug-likeness (QED) is 0.538. The zero-order valence-electron chi connectivity index (χ0n) is 15.5. The highest BCUT2D eigenvalue weighted by Crippen LogP contribution is 2.19. The molecule has 0 aliphatic carbocycles. The first kappa shape index (κ1) is 18.3. The Kier molecular flexibility index (Phi) is 4.99. The van der Waals surface area contributed by atoms with E-state index in [1.165, 1.54) is 10.5 Å². The highest BCUT2D eigenvalue weighted by Gasteiger charge is 2.22. The molecule has 4 rings (SSSR count). The third-order valence-corrected chi connectivity index (χ3v) is 4.49. The first-order chi connectivity index (χ1) is 14.1. The van der Waals surface area contributed by atoms with Crippen LogP contribution in [0, 0.1) is 0 Å². The Morgan fingerprint density at radius 1 is 0.897 bits per heavy atom. The van der Waals surface area contributed by atoms with Gasteiger partial charge in [-0.2, -0.15) is 0 Å². The molecule has 142 valence electrons. The number of fused-ring (bicyclic) bond motifs is 1. The van der Waals surface area contributed by atoms with Crippen LogP contribution in [0.5, 0.6) is 0 Å². The van der Waals surface area contributed by atoms with Crippen LogP contribution < -0.4 is 11.3 Å². The molecule has 2 N–H and O–H groups in total. The number of hydrogen-bond donors (Lipinski definition) is 1. The van der Waals surface area contributed by atoms with Gasteiger partial charge in [0.05, 0.1) is 11.4 Å². The van der Waals surface area contributed by atoms with Crippen molar-refractivity contribution in [3.8, 4) is 0 Å². The van der Waals surface area contributed by atoms with Crippen molar-refractivity contribution < 1.29 is 4.79 Å². The maximum atomic E-state index is 12.5. The van der Waals surface area contributed by atoms with Crippen LogP contribution in [-0.2, 0) is 4.79 Å². The molecular weight excluding hydrogens is 364 g/mol. The molecule has 1 unspecified atom stereocenters. The second kappa shape index (κ2) is 7.90. The molecular formula is C23H18N4O2. The van der Waals surface area contributed by atoms with Crippen molar-refractivity contribution in [3.63, 3.8) is 0 Å². The van der Waals surface area contributed by atoms with Crippen molar-refractivity contribution in [1.29, 1.82) is 0 Å². The molecule has 2 aromatic heterocycles. The normalized spacial score (nSPS) is 11.7. The van der Waals surface area contributed by atoms with E-state index in [9.17, 15) is 9.59 Å². The molecule has 0 saturated carbocycles. The number of amides is 1. The Morgan fingerprint density at radius 3 is 2.07 bits per heavy atom. The summed E-state index contributed by atoms with van der Waals surface area (Å²) in [6.45, 7) is 0. The number of rotatable bonds is 5. The fraction of sp³-hybridized carbons (Fsp3) is 0.0435. The average Bonchev–Trinajstić information content (AvgIpc) is 2.75. The van der Waals surface area contributed by atoms with Crippen molar-refractivity contribution in [2.45, 2.75) is 6.04 Å². The Morgan fingerprint density at radius 2 is 1.48 bits per heavy atom. The van der Waals surface area contributed by atoms with Crippen LogP contribution in [0.4, 0.5) is 0 Å². The molecule has 6 heteroatoms. The largest absolute Gasteiger partial charge is 0.367 e. The standard InChI is InChI=1S/C23H18N4O2/c24-23(29)22(18-15-20(28)27-14-8-7-13-19(27)25-18)26-21(16-9-3-1-4-10-16)17-11-5-2-6-12-17/h1-15,22H,(H2,24,29). The molecule has 0 spiro atoms. The van der Waals surface area contributed by atoms with Crippen molar-refractivity contribution in [3.05, 3.63) is 118 Å². The summed E-state index contributed by atoms with van der Waals surface area (Å²) in [4.78, 5) is 33.9. The van der Waals surface area contributed by atoms with Crippen molar-refractivity contribution in [1.82, 2.24) is 9.38 Å². The minimum absolute atomic E-state index is 0.220. The SMILES string of the molecule is NC(=O)C(N=C(c1ccccc1)c1ccccc1)c1cc(=O)n2ccccc2n1. The number of nitrogens with two attached hydrogens (primary N) is 1. The van der Waals surface area contributed by atoms with E-state index in [0.717, 1.165) is 11.1 Å². The van der Waals surface area contributed by atoms with Crippen molar-refractivity contribution in [2.24, 2.45) is 10.7 Å². The third kappa shape index (κ3) is 3.82. The fourth-order valence-corrected chi connectivity index (χ4v) is 3.12. The molecule has 0 radical (unpaired) electrons. The Bertz CT molecular complexity index is 1210. The summed E-state index contributed by atoms with van der Waals surface area (Å²) in [5.41, 5.74) is 8.30. The Hall–Kier alpha value is -4.06. The van der Waals surface area contributed by atoms with Gasteiger partial charge in [0.2, 0.25) is 5.91 Å². The van der Waals surface area contributed by atoms with Crippen LogP contribution in [0.1, 0.15) is 22.9 Å². The maximum absolute atomic E-state index is 12.5. The van der Waals surface area contributed by atoms with Gasteiger partial charge in [-0.05, 0) is 12.1 Å². The van der Waals surface area contributed by atoms with Gasteiger partial charge in [0.25, 0.3) is 5.56 Å². The molecule has 0 aliphatic rings. The van der Waals surface area contributed by atoms with Crippen molar-refractivity contribution in [2.75, 3.05) is 0 Å². The van der Waals surface area contributed by atoms with Crippen molar-refractivity contribution >= 4 is 17.3 Å². The molecule has 0 aliphatic heterocycles. The molecule has 0 fully saturated rings. The fourth-order valence-electron chi connectivity index (χ4n) is 3.12. The van der Waals surface area contributed by atoms with Crippen LogP contribution in [0.15, 0.2) is 101 Å². The van der Waals surface area contributed by atoms with Crippen LogP contribution in [0.2, 0.25) is 0 Å². The number of primary amides is 1. The first-order valence-electron chi connectivity index (χ1n) is 9.10. The molecule has 1 atom stereocenters.